The summed E-state index contributed by atoms with van der Waals surface area (Å²) in [7, 11) is 0. The molecule has 0 radical (unpaired) electrons. The van der Waals surface area contributed by atoms with Crippen LogP contribution in [0.3, 0.4) is 0 Å². The summed E-state index contributed by atoms with van der Waals surface area (Å²) in [6.07, 6.45) is -0.480. The number of nitrogens with one attached hydrogen (secondary N) is 1. The van der Waals surface area contributed by atoms with Gasteiger partial charge in [0.15, 0.2) is 0 Å². The van der Waals surface area contributed by atoms with Crippen LogP contribution in [-0.2, 0) is 9.53 Å². The van der Waals surface area contributed by atoms with Crippen molar-refractivity contribution in [2.24, 2.45) is 5.73 Å². The van der Waals surface area contributed by atoms with Crippen LogP contribution in [0, 0.1) is 0 Å². The van der Waals surface area contributed by atoms with E-state index < -0.39 is 12.1 Å². The number of carboxylic acid groups (broad SMARTS) is 1. The molecule has 112 valence electrons. The molecular formula is C15H18N2O4. The maximum atomic E-state index is 11.4. The van der Waals surface area contributed by atoms with Crippen molar-refractivity contribution < 1.29 is 19.4 Å². The number of anilines is 1. The molecule has 0 aliphatic rings. The first kappa shape index (κ1) is 16.5. The highest BCUT2D eigenvalue weighted by molar-refractivity contribution is 6.00. The molecule has 21 heavy (non-hydrogen) atoms. The van der Waals surface area contributed by atoms with Crippen LogP contribution in [0.1, 0.15) is 6.92 Å². The van der Waals surface area contributed by atoms with Crippen molar-refractivity contribution in [3.05, 3.63) is 42.5 Å². The molecule has 0 saturated carbocycles. The molecule has 0 bridgehead atoms. The van der Waals surface area contributed by atoms with E-state index in [-0.39, 0.29) is 6.61 Å². The topological polar surface area (TPSA) is 102 Å². The van der Waals surface area contributed by atoms with Gasteiger partial charge in [0.25, 0.3) is 5.97 Å². The fourth-order valence-corrected chi connectivity index (χ4v) is 1.63. The number of carbonyl (C=O) groups excluding carboxylic acids is 1. The number of ether oxygens (including phenoxy) is 1. The third kappa shape index (κ3) is 5.92. The van der Waals surface area contributed by atoms with Crippen LogP contribution in [-0.4, -0.2) is 30.3 Å². The van der Waals surface area contributed by atoms with E-state index in [0.29, 0.717) is 6.54 Å². The van der Waals surface area contributed by atoms with Gasteiger partial charge in [-0.25, -0.2) is 4.79 Å². The molecule has 2 aromatic rings. The van der Waals surface area contributed by atoms with E-state index in [2.05, 4.69) is 5.32 Å². The zero-order valence-corrected chi connectivity index (χ0v) is 11.7. The summed E-state index contributed by atoms with van der Waals surface area (Å²) in [5.74, 6) is -0.833. The van der Waals surface area contributed by atoms with Crippen molar-refractivity contribution in [1.82, 2.24) is 0 Å². The van der Waals surface area contributed by atoms with Gasteiger partial charge in [-0.15, -0.1) is 0 Å². The molecule has 0 aromatic heterocycles. The Kier molecular flexibility index (Phi) is 6.70. The molecule has 2 rings (SSSR count). The highest BCUT2D eigenvalue weighted by Crippen LogP contribution is 2.22. The van der Waals surface area contributed by atoms with Crippen LogP contribution in [0.15, 0.2) is 42.5 Å². The van der Waals surface area contributed by atoms with Gasteiger partial charge in [0.1, 0.15) is 6.61 Å². The summed E-state index contributed by atoms with van der Waals surface area (Å²) >= 11 is 0. The first-order valence-corrected chi connectivity index (χ1v) is 6.35. The second kappa shape index (κ2) is 8.55. The first-order valence-electron chi connectivity index (χ1n) is 6.35. The number of hydrogen-bond donors (Lipinski definition) is 3. The predicted octanol–water partition coefficient (Wildman–Crippen LogP) is 2.44. The van der Waals surface area contributed by atoms with Crippen molar-refractivity contribution in [2.45, 2.75) is 6.92 Å². The van der Waals surface area contributed by atoms with Gasteiger partial charge in [-0.1, -0.05) is 36.4 Å². The number of rotatable bonds is 3. The minimum atomic E-state index is -0.833. The summed E-state index contributed by atoms with van der Waals surface area (Å²) < 4.78 is 4.87. The van der Waals surface area contributed by atoms with Crippen LogP contribution >= 0.6 is 0 Å². The first-order chi connectivity index (χ1) is 10.0. The molecule has 6 nitrogen and oxygen atoms in total. The Balaban J connectivity index is 0.000000491. The number of carbonyl (C=O) groups is 2. The monoisotopic (exact) mass is 290 g/mol. The summed E-state index contributed by atoms with van der Waals surface area (Å²) in [5.41, 5.74) is 6.00. The molecule has 0 spiro atoms. The lowest BCUT2D eigenvalue weighted by molar-refractivity contribution is -0.134. The third-order valence-corrected chi connectivity index (χ3v) is 2.38. The van der Waals surface area contributed by atoms with E-state index in [9.17, 15) is 4.79 Å². The van der Waals surface area contributed by atoms with Crippen molar-refractivity contribution >= 4 is 28.5 Å². The number of carboxylic acids is 1. The fraction of sp³-hybridized carbons (Fsp3) is 0.200. The van der Waals surface area contributed by atoms with E-state index in [1.807, 2.05) is 42.5 Å². The molecule has 6 heteroatoms. The van der Waals surface area contributed by atoms with Crippen molar-refractivity contribution in [3.8, 4) is 0 Å². The summed E-state index contributed by atoms with van der Waals surface area (Å²) in [6, 6.07) is 13.6. The van der Waals surface area contributed by atoms with Gasteiger partial charge in [-0.3, -0.25) is 10.1 Å². The predicted molar refractivity (Wildman–Crippen MR) is 81.3 cm³/mol. The number of aliphatic carboxylic acids is 1. The molecule has 0 fully saturated rings. The number of nitrogens with two attached hydrogens (primary N) is 1. The van der Waals surface area contributed by atoms with Crippen LogP contribution < -0.4 is 11.1 Å². The van der Waals surface area contributed by atoms with Crippen molar-refractivity contribution in [1.29, 1.82) is 0 Å². The van der Waals surface area contributed by atoms with E-state index in [1.54, 1.807) is 0 Å². The van der Waals surface area contributed by atoms with Gasteiger partial charge < -0.3 is 15.6 Å². The average molecular weight is 290 g/mol. The molecule has 0 saturated heterocycles. The van der Waals surface area contributed by atoms with E-state index in [0.717, 1.165) is 23.4 Å². The van der Waals surface area contributed by atoms with E-state index in [1.165, 1.54) is 0 Å². The van der Waals surface area contributed by atoms with Crippen LogP contribution in [0.2, 0.25) is 0 Å². The van der Waals surface area contributed by atoms with E-state index >= 15 is 0 Å². The number of fused-ring (bicyclic) bond motifs is 1. The van der Waals surface area contributed by atoms with Crippen molar-refractivity contribution in [3.63, 3.8) is 0 Å². The zero-order chi connectivity index (χ0) is 15.7. The Morgan fingerprint density at radius 2 is 1.81 bits per heavy atom. The largest absolute Gasteiger partial charge is 0.481 e. The molecule has 0 heterocycles. The summed E-state index contributed by atoms with van der Waals surface area (Å²) in [6.45, 7) is 1.62. The van der Waals surface area contributed by atoms with Gasteiger partial charge >= 0.3 is 6.09 Å². The average Bonchev–Trinajstić information content (AvgIpc) is 2.45. The van der Waals surface area contributed by atoms with E-state index in [4.69, 9.17) is 20.4 Å². The normalized spacial score (nSPS) is 9.43. The molecular weight excluding hydrogens is 272 g/mol. The smallest absolute Gasteiger partial charge is 0.411 e. The van der Waals surface area contributed by atoms with Crippen LogP contribution in [0.5, 0.6) is 0 Å². The van der Waals surface area contributed by atoms with Gasteiger partial charge in [-0.2, -0.15) is 0 Å². The van der Waals surface area contributed by atoms with Crippen LogP contribution in [0.25, 0.3) is 10.8 Å². The second-order valence-electron chi connectivity index (χ2n) is 4.10. The highest BCUT2D eigenvalue weighted by Gasteiger charge is 2.05. The number of amides is 1. The van der Waals surface area contributed by atoms with Crippen molar-refractivity contribution in [2.75, 3.05) is 18.5 Å². The summed E-state index contributed by atoms with van der Waals surface area (Å²) in [4.78, 5) is 20.4. The molecule has 4 N–H and O–H groups in total. The van der Waals surface area contributed by atoms with Gasteiger partial charge in [0.2, 0.25) is 0 Å². The van der Waals surface area contributed by atoms with Gasteiger partial charge in [0.05, 0.1) is 5.69 Å². The number of benzene rings is 2. The standard InChI is InChI=1S/C13H14N2O2.C2H4O2/c14-8-9-17-13(16)15-12-7-3-5-10-4-1-2-6-11(10)12;1-2(3)4/h1-7H,8-9,14H2,(H,15,16);1H3,(H,3,4). The SMILES string of the molecule is CC(=O)O.NCCOC(=O)Nc1cccc2ccccc12. The molecule has 1 amide bonds. The number of hydrogen-bond acceptors (Lipinski definition) is 4. The highest BCUT2D eigenvalue weighted by atomic mass is 16.5. The minimum absolute atomic E-state index is 0.219. The fourth-order valence-electron chi connectivity index (χ4n) is 1.63. The van der Waals surface area contributed by atoms with Gasteiger partial charge in [-0.05, 0) is 11.5 Å². The Morgan fingerprint density at radius 3 is 2.48 bits per heavy atom. The minimum Gasteiger partial charge on any atom is -0.481 e. The third-order valence-electron chi connectivity index (χ3n) is 2.38. The Labute approximate surface area is 122 Å². The van der Waals surface area contributed by atoms with Gasteiger partial charge in [0, 0.05) is 18.9 Å². The lowest BCUT2D eigenvalue weighted by Gasteiger charge is -2.08. The Morgan fingerprint density at radius 1 is 1.19 bits per heavy atom. The molecule has 0 aliphatic heterocycles. The zero-order valence-electron chi connectivity index (χ0n) is 11.7. The molecule has 0 aliphatic carbocycles. The molecule has 2 aromatic carbocycles. The van der Waals surface area contributed by atoms with Crippen LogP contribution in [0.4, 0.5) is 10.5 Å². The Bertz CT molecular complexity index is 604. The Hall–Kier alpha value is -2.60. The lowest BCUT2D eigenvalue weighted by atomic mass is 10.1. The summed E-state index contributed by atoms with van der Waals surface area (Å²) in [5, 5.41) is 12.2. The molecule has 0 atom stereocenters. The quantitative estimate of drug-likeness (QED) is 0.805. The maximum absolute atomic E-state index is 11.4. The second-order valence-corrected chi connectivity index (χ2v) is 4.10. The molecule has 0 unspecified atom stereocenters. The lowest BCUT2D eigenvalue weighted by Crippen LogP contribution is -2.18. The maximum Gasteiger partial charge on any atom is 0.411 e.